The first-order valence-electron chi connectivity index (χ1n) is 5.88. The van der Waals surface area contributed by atoms with Crippen LogP contribution in [0.15, 0.2) is 18.2 Å². The van der Waals surface area contributed by atoms with Crippen LogP contribution in [0.1, 0.15) is 31.7 Å². The molecule has 0 aromatic heterocycles. The van der Waals surface area contributed by atoms with Crippen molar-refractivity contribution in [3.8, 4) is 0 Å². The van der Waals surface area contributed by atoms with Gasteiger partial charge in [-0.25, -0.2) is 0 Å². The van der Waals surface area contributed by atoms with E-state index in [-0.39, 0.29) is 12.5 Å². The van der Waals surface area contributed by atoms with Crippen LogP contribution >= 0.6 is 11.6 Å². The Labute approximate surface area is 110 Å². The SMILES string of the molecule is Cc1cccc(Cl)c1NC(C)CCCC(F)(F)F. The lowest BCUT2D eigenvalue weighted by atomic mass is 10.1. The number of alkyl halides is 3. The van der Waals surface area contributed by atoms with Gasteiger partial charge in [-0.2, -0.15) is 13.2 Å². The molecule has 1 aromatic rings. The smallest absolute Gasteiger partial charge is 0.381 e. The minimum Gasteiger partial charge on any atom is -0.381 e. The van der Waals surface area contributed by atoms with Gasteiger partial charge in [-0.15, -0.1) is 0 Å². The Morgan fingerprint density at radius 3 is 2.56 bits per heavy atom. The average Bonchev–Trinajstić information content (AvgIpc) is 2.22. The van der Waals surface area contributed by atoms with Gasteiger partial charge in [0.2, 0.25) is 0 Å². The summed E-state index contributed by atoms with van der Waals surface area (Å²) in [7, 11) is 0. The first-order valence-corrected chi connectivity index (χ1v) is 6.26. The largest absolute Gasteiger partial charge is 0.389 e. The second-order valence-electron chi connectivity index (χ2n) is 4.48. The summed E-state index contributed by atoms with van der Waals surface area (Å²) < 4.78 is 36.1. The molecular formula is C13H17ClF3N. The van der Waals surface area contributed by atoms with E-state index in [1.807, 2.05) is 26.0 Å². The molecule has 1 aromatic carbocycles. The van der Waals surface area contributed by atoms with Crippen molar-refractivity contribution in [2.75, 3.05) is 5.32 Å². The number of rotatable bonds is 5. The summed E-state index contributed by atoms with van der Waals surface area (Å²) in [6.45, 7) is 3.77. The van der Waals surface area contributed by atoms with E-state index in [1.165, 1.54) is 0 Å². The van der Waals surface area contributed by atoms with Gasteiger partial charge in [0.1, 0.15) is 0 Å². The van der Waals surface area contributed by atoms with Gasteiger partial charge in [0.05, 0.1) is 10.7 Å². The van der Waals surface area contributed by atoms with E-state index in [0.29, 0.717) is 11.4 Å². The molecule has 0 saturated carbocycles. The Morgan fingerprint density at radius 2 is 2.00 bits per heavy atom. The van der Waals surface area contributed by atoms with E-state index in [2.05, 4.69) is 5.32 Å². The van der Waals surface area contributed by atoms with Crippen molar-refractivity contribution in [2.45, 2.75) is 45.3 Å². The zero-order valence-corrected chi connectivity index (χ0v) is 11.2. The van der Waals surface area contributed by atoms with Crippen LogP contribution in [-0.4, -0.2) is 12.2 Å². The third kappa shape index (κ3) is 5.17. The Bertz CT molecular complexity index is 370. The van der Waals surface area contributed by atoms with Crippen LogP contribution in [0, 0.1) is 6.92 Å². The Morgan fingerprint density at radius 1 is 1.33 bits per heavy atom. The highest BCUT2D eigenvalue weighted by Gasteiger charge is 2.26. The van der Waals surface area contributed by atoms with Gasteiger partial charge in [0.15, 0.2) is 0 Å². The third-order valence-electron chi connectivity index (χ3n) is 2.71. The van der Waals surface area contributed by atoms with E-state index >= 15 is 0 Å². The van der Waals surface area contributed by atoms with E-state index < -0.39 is 12.6 Å². The van der Waals surface area contributed by atoms with Crippen LogP contribution in [0.5, 0.6) is 0 Å². The molecule has 18 heavy (non-hydrogen) atoms. The highest BCUT2D eigenvalue weighted by atomic mass is 35.5. The Balaban J connectivity index is 2.47. The second-order valence-corrected chi connectivity index (χ2v) is 4.89. The molecule has 1 rings (SSSR count). The van der Waals surface area contributed by atoms with Gasteiger partial charge in [0, 0.05) is 12.5 Å². The molecule has 0 aliphatic heterocycles. The quantitative estimate of drug-likeness (QED) is 0.783. The average molecular weight is 280 g/mol. The standard InChI is InChI=1S/C13H17ClF3N/c1-9-5-3-7-11(14)12(9)18-10(2)6-4-8-13(15,16)17/h3,5,7,10,18H,4,6,8H2,1-2H3. The third-order valence-corrected chi connectivity index (χ3v) is 3.03. The predicted molar refractivity (Wildman–Crippen MR) is 69.2 cm³/mol. The fourth-order valence-corrected chi connectivity index (χ4v) is 2.02. The van der Waals surface area contributed by atoms with Crippen molar-refractivity contribution in [2.24, 2.45) is 0 Å². The molecule has 0 amide bonds. The molecule has 0 spiro atoms. The van der Waals surface area contributed by atoms with Crippen molar-refractivity contribution in [1.29, 1.82) is 0 Å². The van der Waals surface area contributed by atoms with Crippen LogP contribution in [0.4, 0.5) is 18.9 Å². The van der Waals surface area contributed by atoms with Gasteiger partial charge in [0.25, 0.3) is 0 Å². The topological polar surface area (TPSA) is 12.0 Å². The molecule has 1 unspecified atom stereocenters. The van der Waals surface area contributed by atoms with E-state index in [1.54, 1.807) is 6.07 Å². The maximum Gasteiger partial charge on any atom is 0.389 e. The monoisotopic (exact) mass is 279 g/mol. The van der Waals surface area contributed by atoms with Gasteiger partial charge in [-0.3, -0.25) is 0 Å². The number of para-hydroxylation sites is 1. The van der Waals surface area contributed by atoms with Crippen LogP contribution in [0.25, 0.3) is 0 Å². The second kappa shape index (κ2) is 6.32. The lowest BCUT2D eigenvalue weighted by Crippen LogP contribution is -2.17. The number of benzene rings is 1. The minimum absolute atomic E-state index is 0.0362. The molecular weight excluding hydrogens is 263 g/mol. The molecule has 0 heterocycles. The zero-order chi connectivity index (χ0) is 13.8. The highest BCUT2D eigenvalue weighted by Crippen LogP contribution is 2.27. The lowest BCUT2D eigenvalue weighted by Gasteiger charge is -2.18. The summed E-state index contributed by atoms with van der Waals surface area (Å²) >= 11 is 6.04. The van der Waals surface area contributed by atoms with E-state index in [4.69, 9.17) is 11.6 Å². The summed E-state index contributed by atoms with van der Waals surface area (Å²) in [6.07, 6.45) is -4.22. The summed E-state index contributed by atoms with van der Waals surface area (Å²) in [5, 5.41) is 3.76. The molecule has 0 saturated heterocycles. The van der Waals surface area contributed by atoms with E-state index in [0.717, 1.165) is 11.3 Å². The fraction of sp³-hybridized carbons (Fsp3) is 0.538. The molecule has 1 N–H and O–H groups in total. The molecule has 0 aliphatic rings. The summed E-state index contributed by atoms with van der Waals surface area (Å²) in [4.78, 5) is 0. The molecule has 0 fully saturated rings. The summed E-state index contributed by atoms with van der Waals surface area (Å²) in [6, 6.07) is 5.48. The Kier molecular flexibility index (Phi) is 5.32. The minimum atomic E-state index is -4.07. The van der Waals surface area contributed by atoms with Crippen molar-refractivity contribution in [1.82, 2.24) is 0 Å². The fourth-order valence-electron chi connectivity index (χ4n) is 1.74. The number of halogens is 4. The van der Waals surface area contributed by atoms with Crippen LogP contribution in [-0.2, 0) is 0 Å². The molecule has 0 bridgehead atoms. The summed E-state index contributed by atoms with van der Waals surface area (Å²) in [5.41, 5.74) is 1.80. The molecule has 1 nitrogen and oxygen atoms in total. The molecule has 1 atom stereocenters. The molecule has 102 valence electrons. The van der Waals surface area contributed by atoms with Crippen molar-refractivity contribution >= 4 is 17.3 Å². The molecule has 0 aliphatic carbocycles. The zero-order valence-electron chi connectivity index (χ0n) is 10.4. The Hall–Kier alpha value is -0.900. The molecule has 5 heteroatoms. The maximum atomic E-state index is 12.0. The number of nitrogens with one attached hydrogen (secondary N) is 1. The first kappa shape index (κ1) is 15.2. The summed E-state index contributed by atoms with van der Waals surface area (Å²) in [5.74, 6) is 0. The molecule has 0 radical (unpaired) electrons. The number of aryl methyl sites for hydroxylation is 1. The van der Waals surface area contributed by atoms with Crippen molar-refractivity contribution in [3.05, 3.63) is 28.8 Å². The van der Waals surface area contributed by atoms with E-state index in [9.17, 15) is 13.2 Å². The van der Waals surface area contributed by atoms with Crippen LogP contribution in [0.2, 0.25) is 5.02 Å². The maximum absolute atomic E-state index is 12.0. The first-order chi connectivity index (χ1) is 8.29. The van der Waals surface area contributed by atoms with Crippen LogP contribution < -0.4 is 5.32 Å². The normalized spacial score (nSPS) is 13.4. The number of hydrogen-bond donors (Lipinski definition) is 1. The lowest BCUT2D eigenvalue weighted by molar-refractivity contribution is -0.135. The van der Waals surface area contributed by atoms with Gasteiger partial charge >= 0.3 is 6.18 Å². The number of anilines is 1. The van der Waals surface area contributed by atoms with Gasteiger partial charge in [-0.05, 0) is 38.3 Å². The van der Waals surface area contributed by atoms with Crippen LogP contribution in [0.3, 0.4) is 0 Å². The van der Waals surface area contributed by atoms with Crippen molar-refractivity contribution < 1.29 is 13.2 Å². The van der Waals surface area contributed by atoms with Gasteiger partial charge in [-0.1, -0.05) is 23.7 Å². The van der Waals surface area contributed by atoms with Crippen molar-refractivity contribution in [3.63, 3.8) is 0 Å². The highest BCUT2D eigenvalue weighted by molar-refractivity contribution is 6.33. The number of hydrogen-bond acceptors (Lipinski definition) is 1. The van der Waals surface area contributed by atoms with Gasteiger partial charge < -0.3 is 5.32 Å². The predicted octanol–water partition coefficient (Wildman–Crippen LogP) is 5.18.